The molecule has 21 heavy (non-hydrogen) atoms. The van der Waals surface area contributed by atoms with E-state index in [1.807, 2.05) is 48.5 Å². The molecule has 0 saturated heterocycles. The van der Waals surface area contributed by atoms with Gasteiger partial charge in [0.25, 0.3) is 0 Å². The minimum atomic E-state index is -0.0740. The molecule has 106 valence electrons. The summed E-state index contributed by atoms with van der Waals surface area (Å²) in [5.74, 6) is 5.68. The normalized spacial score (nSPS) is 9.62. The second-order valence-corrected chi connectivity index (χ2v) is 5.32. The van der Waals surface area contributed by atoms with E-state index in [4.69, 9.17) is 5.73 Å². The van der Waals surface area contributed by atoms with Crippen LogP contribution in [0.5, 0.6) is 0 Å². The van der Waals surface area contributed by atoms with Gasteiger partial charge in [0.1, 0.15) is 0 Å². The molecule has 3 N–H and O–H groups in total. The molecule has 0 saturated carbocycles. The largest absolute Gasteiger partial charge is 0.325 e. The van der Waals surface area contributed by atoms with Crippen LogP contribution in [0.25, 0.3) is 0 Å². The third-order valence-electron chi connectivity index (χ3n) is 2.78. The molecular weight excluding hydrogens is 328 g/mol. The van der Waals surface area contributed by atoms with Gasteiger partial charge in [-0.15, -0.1) is 0 Å². The predicted molar refractivity (Wildman–Crippen MR) is 88.9 cm³/mol. The second-order valence-electron chi connectivity index (χ2n) is 4.41. The Labute approximate surface area is 132 Å². The van der Waals surface area contributed by atoms with E-state index < -0.39 is 0 Å². The lowest BCUT2D eigenvalue weighted by Gasteiger charge is -2.07. The summed E-state index contributed by atoms with van der Waals surface area (Å²) in [7, 11) is 0. The first-order valence-electron chi connectivity index (χ1n) is 6.51. The number of carbonyl (C=O) groups is 1. The Bertz CT molecular complexity index is 701. The lowest BCUT2D eigenvalue weighted by molar-refractivity contribution is -0.115. The van der Waals surface area contributed by atoms with Crippen molar-refractivity contribution in [2.75, 3.05) is 11.9 Å². The van der Waals surface area contributed by atoms with E-state index in [-0.39, 0.29) is 5.91 Å². The fourth-order valence-electron chi connectivity index (χ4n) is 1.87. The average molecular weight is 343 g/mol. The molecule has 0 unspecified atom stereocenters. The molecule has 2 aromatic rings. The number of anilines is 1. The average Bonchev–Trinajstić information content (AvgIpc) is 2.46. The van der Waals surface area contributed by atoms with Crippen LogP contribution < -0.4 is 11.1 Å². The van der Waals surface area contributed by atoms with Gasteiger partial charge in [-0.25, -0.2) is 0 Å². The van der Waals surface area contributed by atoms with Gasteiger partial charge in [0.2, 0.25) is 5.91 Å². The van der Waals surface area contributed by atoms with Crippen LogP contribution in [-0.2, 0) is 11.2 Å². The first-order valence-corrected chi connectivity index (χ1v) is 7.30. The van der Waals surface area contributed by atoms with Gasteiger partial charge in [0, 0.05) is 10.0 Å². The quantitative estimate of drug-likeness (QED) is 0.842. The van der Waals surface area contributed by atoms with E-state index in [1.165, 1.54) is 0 Å². The molecule has 1 amide bonds. The van der Waals surface area contributed by atoms with Crippen molar-refractivity contribution < 1.29 is 4.79 Å². The van der Waals surface area contributed by atoms with Crippen LogP contribution in [0, 0.1) is 11.8 Å². The van der Waals surface area contributed by atoms with E-state index in [0.717, 1.165) is 15.6 Å². The molecule has 0 heterocycles. The zero-order valence-electron chi connectivity index (χ0n) is 11.4. The number of benzene rings is 2. The lowest BCUT2D eigenvalue weighted by Crippen LogP contribution is -2.15. The zero-order chi connectivity index (χ0) is 15.1. The Morgan fingerprint density at radius 3 is 2.76 bits per heavy atom. The number of nitrogens with one attached hydrogen (secondary N) is 1. The highest BCUT2D eigenvalue weighted by molar-refractivity contribution is 9.10. The van der Waals surface area contributed by atoms with Gasteiger partial charge in [-0.2, -0.15) is 0 Å². The van der Waals surface area contributed by atoms with Crippen LogP contribution in [0.1, 0.15) is 11.1 Å². The van der Waals surface area contributed by atoms with Crippen molar-refractivity contribution >= 4 is 27.5 Å². The van der Waals surface area contributed by atoms with Gasteiger partial charge in [0.15, 0.2) is 0 Å². The molecule has 0 aliphatic rings. The maximum atomic E-state index is 12.1. The smallest absolute Gasteiger partial charge is 0.228 e. The highest BCUT2D eigenvalue weighted by Crippen LogP contribution is 2.16. The summed E-state index contributed by atoms with van der Waals surface area (Å²) in [5, 5.41) is 2.89. The molecule has 0 spiro atoms. The van der Waals surface area contributed by atoms with Crippen molar-refractivity contribution in [2.24, 2.45) is 5.73 Å². The third-order valence-corrected chi connectivity index (χ3v) is 3.27. The number of nitrogens with two attached hydrogens (primary N) is 1. The van der Waals surface area contributed by atoms with Gasteiger partial charge in [-0.1, -0.05) is 52.0 Å². The number of para-hydroxylation sites is 1. The second kappa shape index (κ2) is 7.63. The summed E-state index contributed by atoms with van der Waals surface area (Å²) >= 11 is 3.40. The fraction of sp³-hybridized carbons (Fsp3) is 0.118. The SMILES string of the molecule is NCC#Cc1ccccc1NC(=O)Cc1cccc(Br)c1. The molecule has 0 atom stereocenters. The maximum absolute atomic E-state index is 12.1. The van der Waals surface area contributed by atoms with Crippen LogP contribution in [0.3, 0.4) is 0 Å². The molecular formula is C17H15BrN2O. The molecule has 0 bridgehead atoms. The van der Waals surface area contributed by atoms with Crippen molar-refractivity contribution in [1.29, 1.82) is 0 Å². The van der Waals surface area contributed by atoms with Crippen LogP contribution in [0.4, 0.5) is 5.69 Å². The summed E-state index contributed by atoms with van der Waals surface area (Å²) < 4.78 is 0.960. The molecule has 0 fully saturated rings. The van der Waals surface area contributed by atoms with Gasteiger partial charge in [0.05, 0.1) is 18.7 Å². The maximum Gasteiger partial charge on any atom is 0.228 e. The predicted octanol–water partition coefficient (Wildman–Crippen LogP) is 2.94. The third kappa shape index (κ3) is 4.75. The van der Waals surface area contributed by atoms with E-state index >= 15 is 0 Å². The van der Waals surface area contributed by atoms with E-state index in [2.05, 4.69) is 33.1 Å². The monoisotopic (exact) mass is 342 g/mol. The Morgan fingerprint density at radius 2 is 2.00 bits per heavy atom. The molecule has 0 radical (unpaired) electrons. The molecule has 2 aromatic carbocycles. The van der Waals surface area contributed by atoms with E-state index in [1.54, 1.807) is 0 Å². The number of hydrogen-bond donors (Lipinski definition) is 2. The van der Waals surface area contributed by atoms with Gasteiger partial charge >= 0.3 is 0 Å². The van der Waals surface area contributed by atoms with Crippen molar-refractivity contribution in [3.05, 3.63) is 64.1 Å². The lowest BCUT2D eigenvalue weighted by atomic mass is 10.1. The summed E-state index contributed by atoms with van der Waals surface area (Å²) in [5.41, 5.74) is 7.81. The fourth-order valence-corrected chi connectivity index (χ4v) is 2.32. The number of carbonyl (C=O) groups excluding carboxylic acids is 1. The van der Waals surface area contributed by atoms with Crippen molar-refractivity contribution in [2.45, 2.75) is 6.42 Å². The molecule has 2 rings (SSSR count). The highest BCUT2D eigenvalue weighted by atomic mass is 79.9. The Hall–Kier alpha value is -2.09. The molecule has 3 nitrogen and oxygen atoms in total. The van der Waals surface area contributed by atoms with E-state index in [0.29, 0.717) is 18.7 Å². The van der Waals surface area contributed by atoms with Crippen LogP contribution in [0.15, 0.2) is 53.0 Å². The summed E-state index contributed by atoms with van der Waals surface area (Å²) in [6, 6.07) is 15.1. The standard InChI is InChI=1S/C17H15BrN2O/c18-15-8-3-5-13(11-15)12-17(21)20-16-9-2-1-6-14(16)7-4-10-19/h1-3,5-6,8-9,11H,10,12,19H2,(H,20,21). The topological polar surface area (TPSA) is 55.1 Å². The molecule has 0 aliphatic heterocycles. The van der Waals surface area contributed by atoms with Gasteiger partial charge < -0.3 is 11.1 Å². The highest BCUT2D eigenvalue weighted by Gasteiger charge is 2.06. The summed E-state index contributed by atoms with van der Waals surface area (Å²) in [6.07, 6.45) is 0.318. The minimum Gasteiger partial charge on any atom is -0.325 e. The number of halogens is 1. The van der Waals surface area contributed by atoms with Gasteiger partial charge in [-0.05, 0) is 29.8 Å². The Kier molecular flexibility index (Phi) is 5.56. The van der Waals surface area contributed by atoms with Crippen LogP contribution >= 0.6 is 15.9 Å². The first kappa shape index (κ1) is 15.3. The van der Waals surface area contributed by atoms with E-state index in [9.17, 15) is 4.79 Å². The van der Waals surface area contributed by atoms with Crippen LogP contribution in [0.2, 0.25) is 0 Å². The summed E-state index contributed by atoms with van der Waals surface area (Å²) in [4.78, 5) is 12.1. The first-order chi connectivity index (χ1) is 10.2. The minimum absolute atomic E-state index is 0.0740. The zero-order valence-corrected chi connectivity index (χ0v) is 13.0. The van der Waals surface area contributed by atoms with Gasteiger partial charge in [-0.3, -0.25) is 4.79 Å². The Balaban J connectivity index is 2.09. The Morgan fingerprint density at radius 1 is 1.19 bits per heavy atom. The van der Waals surface area contributed by atoms with Crippen LogP contribution in [-0.4, -0.2) is 12.5 Å². The number of amides is 1. The van der Waals surface area contributed by atoms with Crippen molar-refractivity contribution in [1.82, 2.24) is 0 Å². The molecule has 0 aliphatic carbocycles. The summed E-state index contributed by atoms with van der Waals surface area (Å²) in [6.45, 7) is 0.292. The van der Waals surface area contributed by atoms with Crippen molar-refractivity contribution in [3.8, 4) is 11.8 Å². The molecule has 0 aromatic heterocycles. The number of hydrogen-bond acceptors (Lipinski definition) is 2. The van der Waals surface area contributed by atoms with Crippen molar-refractivity contribution in [3.63, 3.8) is 0 Å². The number of rotatable bonds is 3. The molecule has 4 heteroatoms.